The second kappa shape index (κ2) is 5.47. The molecule has 0 aliphatic carbocycles. The van der Waals surface area contributed by atoms with Crippen molar-refractivity contribution in [3.63, 3.8) is 0 Å². The van der Waals surface area contributed by atoms with Crippen LogP contribution >= 0.6 is 0 Å². The Labute approximate surface area is 97.1 Å². The van der Waals surface area contributed by atoms with Crippen LogP contribution in [0.2, 0.25) is 0 Å². The summed E-state index contributed by atoms with van der Waals surface area (Å²) in [5.74, 6) is 0.981. The molecular weight excluding hydrogens is 224 g/mol. The van der Waals surface area contributed by atoms with Crippen LogP contribution in [0.25, 0.3) is 0 Å². The van der Waals surface area contributed by atoms with E-state index >= 15 is 0 Å². The van der Waals surface area contributed by atoms with E-state index in [2.05, 4.69) is 10.3 Å². The summed E-state index contributed by atoms with van der Waals surface area (Å²) in [6, 6.07) is 3.54. The van der Waals surface area contributed by atoms with Crippen LogP contribution < -0.4 is 11.1 Å². The highest BCUT2D eigenvalue weighted by Gasteiger charge is 2.09. The molecule has 0 aromatic carbocycles. The first kappa shape index (κ1) is 12.5. The summed E-state index contributed by atoms with van der Waals surface area (Å²) < 4.78 is 11.0. The van der Waals surface area contributed by atoms with Gasteiger partial charge in [0.15, 0.2) is 5.82 Å². The molecule has 2 unspecified atom stereocenters. The van der Waals surface area contributed by atoms with Crippen molar-refractivity contribution in [1.82, 2.24) is 4.98 Å². The molecule has 1 heterocycles. The second-order valence-corrected chi connectivity index (χ2v) is 5.00. The van der Waals surface area contributed by atoms with Gasteiger partial charge in [-0.05, 0) is 13.0 Å². The number of hydrogen-bond donors (Lipinski definition) is 2. The van der Waals surface area contributed by atoms with Gasteiger partial charge in [0.1, 0.15) is 6.07 Å². The minimum absolute atomic E-state index is 0.00502. The molecule has 1 aromatic heterocycles. The van der Waals surface area contributed by atoms with Crippen molar-refractivity contribution in [2.24, 2.45) is 0 Å². The molecular formula is C10H14N4OS. The molecule has 0 saturated heterocycles. The van der Waals surface area contributed by atoms with Crippen molar-refractivity contribution >= 4 is 22.3 Å². The number of nitrogens with two attached hydrogens (primary N) is 1. The Hall–Kier alpha value is -1.61. The van der Waals surface area contributed by atoms with Crippen LogP contribution in [0, 0.1) is 11.3 Å². The van der Waals surface area contributed by atoms with Crippen LogP contribution in [0.4, 0.5) is 11.5 Å². The Morgan fingerprint density at radius 3 is 3.00 bits per heavy atom. The molecule has 2 atom stereocenters. The number of nitrogens with zero attached hydrogens (tertiary/aromatic N) is 2. The van der Waals surface area contributed by atoms with Crippen molar-refractivity contribution in [2.75, 3.05) is 23.1 Å². The van der Waals surface area contributed by atoms with Gasteiger partial charge < -0.3 is 11.1 Å². The fraction of sp³-hybridized carbons (Fsp3) is 0.400. The predicted octanol–water partition coefficient (Wildman–Crippen LogP) is 0.714. The number of nitriles is 1. The molecule has 3 N–H and O–H groups in total. The first-order valence-electron chi connectivity index (χ1n) is 4.75. The highest BCUT2D eigenvalue weighted by molar-refractivity contribution is 7.84. The number of nitrogens with one attached hydrogen (secondary N) is 1. The smallest absolute Gasteiger partial charge is 0.150 e. The van der Waals surface area contributed by atoms with Crippen molar-refractivity contribution in [1.29, 1.82) is 5.26 Å². The van der Waals surface area contributed by atoms with Gasteiger partial charge in [0, 0.05) is 35.0 Å². The van der Waals surface area contributed by atoms with Gasteiger partial charge in [0.25, 0.3) is 0 Å². The molecule has 5 nitrogen and oxygen atoms in total. The Bertz CT molecular complexity index is 441. The number of aromatic nitrogens is 1. The average molecular weight is 238 g/mol. The fourth-order valence-corrected chi connectivity index (χ4v) is 2.10. The molecule has 0 radical (unpaired) electrons. The van der Waals surface area contributed by atoms with Crippen molar-refractivity contribution < 1.29 is 4.21 Å². The van der Waals surface area contributed by atoms with Crippen molar-refractivity contribution in [2.45, 2.75) is 13.0 Å². The van der Waals surface area contributed by atoms with Crippen LogP contribution in [-0.2, 0) is 10.8 Å². The van der Waals surface area contributed by atoms with E-state index in [1.165, 1.54) is 6.20 Å². The molecule has 86 valence electrons. The standard InChI is InChI=1S/C10H14N4OS/c1-7(6-16(2)15)14-10-9(12)8(5-11)3-4-13-10/h3-4,7H,6,12H2,1-2H3,(H,13,14). The molecule has 0 fully saturated rings. The molecule has 0 spiro atoms. The summed E-state index contributed by atoms with van der Waals surface area (Å²) in [6.07, 6.45) is 3.16. The maximum absolute atomic E-state index is 11.0. The molecule has 0 bridgehead atoms. The third-order valence-corrected chi connectivity index (χ3v) is 2.95. The maximum Gasteiger partial charge on any atom is 0.150 e. The Morgan fingerprint density at radius 2 is 2.44 bits per heavy atom. The average Bonchev–Trinajstić information content (AvgIpc) is 2.20. The monoisotopic (exact) mass is 238 g/mol. The lowest BCUT2D eigenvalue weighted by atomic mass is 10.2. The van der Waals surface area contributed by atoms with Gasteiger partial charge in [-0.25, -0.2) is 4.98 Å². The molecule has 0 amide bonds. The number of hydrogen-bond acceptors (Lipinski definition) is 5. The summed E-state index contributed by atoms with van der Waals surface area (Å²) in [7, 11) is -0.879. The fourth-order valence-electron chi connectivity index (χ4n) is 1.31. The molecule has 1 rings (SSSR count). The largest absolute Gasteiger partial charge is 0.395 e. The van der Waals surface area contributed by atoms with E-state index < -0.39 is 10.8 Å². The maximum atomic E-state index is 11.0. The Balaban J connectivity index is 2.82. The van der Waals surface area contributed by atoms with Gasteiger partial charge in [-0.2, -0.15) is 5.26 Å². The van der Waals surface area contributed by atoms with Crippen LogP contribution in [0.1, 0.15) is 12.5 Å². The first-order valence-corrected chi connectivity index (χ1v) is 6.48. The van der Waals surface area contributed by atoms with Crippen molar-refractivity contribution in [3.8, 4) is 6.07 Å². The van der Waals surface area contributed by atoms with Gasteiger partial charge in [-0.1, -0.05) is 0 Å². The molecule has 16 heavy (non-hydrogen) atoms. The molecule has 0 aliphatic heterocycles. The van der Waals surface area contributed by atoms with Crippen LogP contribution in [0.5, 0.6) is 0 Å². The number of pyridine rings is 1. The van der Waals surface area contributed by atoms with Gasteiger partial charge in [-0.3, -0.25) is 4.21 Å². The highest BCUT2D eigenvalue weighted by Crippen LogP contribution is 2.19. The van der Waals surface area contributed by atoms with Gasteiger partial charge in [-0.15, -0.1) is 0 Å². The molecule has 0 aliphatic rings. The highest BCUT2D eigenvalue weighted by atomic mass is 32.2. The summed E-state index contributed by atoms with van der Waals surface area (Å²) in [5, 5.41) is 11.8. The third-order valence-electron chi connectivity index (χ3n) is 1.98. The summed E-state index contributed by atoms with van der Waals surface area (Å²) >= 11 is 0. The van der Waals surface area contributed by atoms with E-state index in [4.69, 9.17) is 11.0 Å². The quantitative estimate of drug-likeness (QED) is 0.806. The zero-order valence-corrected chi connectivity index (χ0v) is 10.0. The molecule has 1 aromatic rings. The summed E-state index contributed by atoms with van der Waals surface area (Å²) in [4.78, 5) is 4.05. The lowest BCUT2D eigenvalue weighted by Crippen LogP contribution is -2.23. The third kappa shape index (κ3) is 3.21. The van der Waals surface area contributed by atoms with Gasteiger partial charge in [0.2, 0.25) is 0 Å². The zero-order valence-electron chi connectivity index (χ0n) is 9.23. The lowest BCUT2D eigenvalue weighted by Gasteiger charge is -2.14. The topological polar surface area (TPSA) is 91.8 Å². The summed E-state index contributed by atoms with van der Waals surface area (Å²) in [5.41, 5.74) is 6.47. The molecule has 6 heteroatoms. The van der Waals surface area contributed by atoms with Crippen LogP contribution in [0.15, 0.2) is 12.3 Å². The summed E-state index contributed by atoms with van der Waals surface area (Å²) in [6.45, 7) is 1.89. The van der Waals surface area contributed by atoms with E-state index in [-0.39, 0.29) is 6.04 Å². The van der Waals surface area contributed by atoms with Crippen LogP contribution in [-0.4, -0.2) is 27.2 Å². The normalized spacial score (nSPS) is 13.8. The number of nitrogen functional groups attached to an aromatic ring is 1. The minimum atomic E-state index is -0.879. The van der Waals surface area contributed by atoms with E-state index in [0.29, 0.717) is 22.8 Å². The Morgan fingerprint density at radius 1 is 1.75 bits per heavy atom. The first-order chi connectivity index (χ1) is 7.54. The SMILES string of the molecule is CC(CS(C)=O)Nc1nccc(C#N)c1N. The van der Waals surface area contributed by atoms with E-state index in [9.17, 15) is 4.21 Å². The molecule has 0 saturated carbocycles. The predicted molar refractivity (Wildman–Crippen MR) is 65.4 cm³/mol. The second-order valence-electron chi connectivity index (χ2n) is 3.52. The Kier molecular flexibility index (Phi) is 4.26. The van der Waals surface area contributed by atoms with Gasteiger partial charge in [0.05, 0.1) is 11.3 Å². The van der Waals surface area contributed by atoms with E-state index in [0.717, 1.165) is 0 Å². The van der Waals surface area contributed by atoms with Crippen LogP contribution in [0.3, 0.4) is 0 Å². The van der Waals surface area contributed by atoms with E-state index in [1.54, 1.807) is 12.3 Å². The minimum Gasteiger partial charge on any atom is -0.395 e. The zero-order chi connectivity index (χ0) is 12.1. The number of rotatable bonds is 4. The van der Waals surface area contributed by atoms with Crippen molar-refractivity contribution in [3.05, 3.63) is 17.8 Å². The number of anilines is 2. The van der Waals surface area contributed by atoms with E-state index in [1.807, 2.05) is 13.0 Å². The van der Waals surface area contributed by atoms with Gasteiger partial charge >= 0.3 is 0 Å². The lowest BCUT2D eigenvalue weighted by molar-refractivity contribution is 0.683.